The minimum absolute atomic E-state index is 0.107. The van der Waals surface area contributed by atoms with Gasteiger partial charge in [0, 0.05) is 25.7 Å². The first-order valence-electron chi connectivity index (χ1n) is 38.8. The maximum atomic E-state index is 13.1. The van der Waals surface area contributed by atoms with E-state index < -0.39 is 97.5 Å². The molecule has 0 spiro atoms. The molecular formula is C74H144O17P2. The van der Waals surface area contributed by atoms with Crippen LogP contribution in [0.1, 0.15) is 394 Å². The number of phosphoric ester groups is 2. The van der Waals surface area contributed by atoms with Crippen LogP contribution in [0.2, 0.25) is 0 Å². The number of carbonyl (C=O) groups excluding carboxylic acids is 4. The lowest BCUT2D eigenvalue weighted by molar-refractivity contribution is -0.161. The van der Waals surface area contributed by atoms with Gasteiger partial charge in [0.1, 0.15) is 19.3 Å². The third kappa shape index (κ3) is 68.4. The molecule has 0 fully saturated rings. The van der Waals surface area contributed by atoms with Crippen molar-refractivity contribution in [3.05, 3.63) is 0 Å². The molecule has 0 aliphatic rings. The van der Waals surface area contributed by atoms with E-state index in [1.54, 1.807) is 0 Å². The molecule has 0 heterocycles. The van der Waals surface area contributed by atoms with Gasteiger partial charge in [-0.3, -0.25) is 37.3 Å². The predicted octanol–water partition coefficient (Wildman–Crippen LogP) is 21.8. The van der Waals surface area contributed by atoms with Crippen LogP contribution in [-0.4, -0.2) is 96.7 Å². The molecule has 0 bridgehead atoms. The average molecular weight is 1370 g/mol. The molecule has 0 aliphatic heterocycles. The van der Waals surface area contributed by atoms with Gasteiger partial charge < -0.3 is 33.8 Å². The van der Waals surface area contributed by atoms with E-state index in [4.69, 9.17) is 37.0 Å². The standard InChI is InChI=1S/C74H144O17P2/c1-5-9-13-17-21-24-27-29-31-33-34-36-38-40-42-45-49-53-57-61-74(79)91-70(65-85-72(77)59-55-51-47-44-41-39-37-35-32-30-28-25-22-18-14-10-6-2)67-89-93(82,83)87-63-68(75)62-86-92(80,81)88-66-69(64-84-71(76)58-54-50-46-20-16-12-8-4)90-73(78)60-56-52-48-43-26-23-19-15-11-7-3/h68-70,75H,5-67H2,1-4H3,(H,80,81)(H,82,83)/t68-,69+,70+/m0/s1. The Hall–Kier alpha value is -1.94. The Morgan fingerprint density at radius 2 is 0.430 bits per heavy atom. The van der Waals surface area contributed by atoms with E-state index in [-0.39, 0.29) is 25.7 Å². The molecule has 0 aliphatic carbocycles. The van der Waals surface area contributed by atoms with Gasteiger partial charge in [-0.15, -0.1) is 0 Å². The summed E-state index contributed by atoms with van der Waals surface area (Å²) in [6.07, 6.45) is 58.5. The summed E-state index contributed by atoms with van der Waals surface area (Å²) in [4.78, 5) is 72.5. The largest absolute Gasteiger partial charge is 0.472 e. The van der Waals surface area contributed by atoms with E-state index in [0.717, 1.165) is 103 Å². The molecule has 2 unspecified atom stereocenters. The Morgan fingerprint density at radius 3 is 0.634 bits per heavy atom. The van der Waals surface area contributed by atoms with Crippen LogP contribution in [0.15, 0.2) is 0 Å². The van der Waals surface area contributed by atoms with Crippen molar-refractivity contribution in [3.63, 3.8) is 0 Å². The molecule has 0 saturated heterocycles. The summed E-state index contributed by atoms with van der Waals surface area (Å²) in [5.41, 5.74) is 0. The van der Waals surface area contributed by atoms with E-state index in [9.17, 15) is 43.2 Å². The normalized spacial score (nSPS) is 13.9. The lowest BCUT2D eigenvalue weighted by Crippen LogP contribution is -2.30. The van der Waals surface area contributed by atoms with Gasteiger partial charge in [0.2, 0.25) is 0 Å². The van der Waals surface area contributed by atoms with E-state index in [2.05, 4.69) is 27.7 Å². The number of hydrogen-bond acceptors (Lipinski definition) is 15. The number of carbonyl (C=O) groups is 4. The summed E-state index contributed by atoms with van der Waals surface area (Å²) in [6, 6.07) is 0. The summed E-state index contributed by atoms with van der Waals surface area (Å²) >= 11 is 0. The lowest BCUT2D eigenvalue weighted by Gasteiger charge is -2.21. The molecule has 0 aromatic rings. The molecule has 93 heavy (non-hydrogen) atoms. The SMILES string of the molecule is CCCCCCCCCCCCCCCCCCCCCC(=O)O[C@H](COC(=O)CCCCCCCCCCCCCCCCCCC)COP(=O)(O)OC[C@@H](O)COP(=O)(O)OC[C@@H](COC(=O)CCCCCCCCC)OC(=O)CCCCCCCCCCCC. The molecule has 5 atom stereocenters. The second kappa shape index (κ2) is 68.6. The Labute approximate surface area is 568 Å². The summed E-state index contributed by atoms with van der Waals surface area (Å²) in [5.74, 6) is -2.12. The highest BCUT2D eigenvalue weighted by Crippen LogP contribution is 2.45. The number of esters is 4. The van der Waals surface area contributed by atoms with Gasteiger partial charge in [0.15, 0.2) is 12.2 Å². The molecule has 0 amide bonds. The molecule has 0 radical (unpaired) electrons. The first-order chi connectivity index (χ1) is 45.2. The average Bonchev–Trinajstić information content (AvgIpc) is 3.13. The minimum Gasteiger partial charge on any atom is -0.462 e. The van der Waals surface area contributed by atoms with Crippen molar-refractivity contribution in [1.29, 1.82) is 0 Å². The number of aliphatic hydroxyl groups excluding tert-OH is 1. The van der Waals surface area contributed by atoms with E-state index >= 15 is 0 Å². The fourth-order valence-electron chi connectivity index (χ4n) is 11.4. The number of aliphatic hydroxyl groups is 1. The molecule has 0 aromatic carbocycles. The first kappa shape index (κ1) is 91.1. The number of phosphoric acid groups is 2. The number of hydrogen-bond donors (Lipinski definition) is 3. The van der Waals surface area contributed by atoms with Crippen molar-refractivity contribution >= 4 is 39.5 Å². The minimum atomic E-state index is -4.95. The molecule has 3 N–H and O–H groups in total. The highest BCUT2D eigenvalue weighted by molar-refractivity contribution is 7.47. The van der Waals surface area contributed by atoms with Crippen LogP contribution in [0.5, 0.6) is 0 Å². The smallest absolute Gasteiger partial charge is 0.462 e. The number of ether oxygens (including phenoxy) is 4. The quantitative estimate of drug-likeness (QED) is 0.0222. The second-order valence-corrected chi connectivity index (χ2v) is 29.6. The van der Waals surface area contributed by atoms with E-state index in [1.807, 2.05) is 0 Å². The van der Waals surface area contributed by atoms with Crippen molar-refractivity contribution in [1.82, 2.24) is 0 Å². The highest BCUT2D eigenvalue weighted by atomic mass is 31.2. The zero-order valence-corrected chi connectivity index (χ0v) is 62.0. The van der Waals surface area contributed by atoms with Gasteiger partial charge in [-0.25, -0.2) is 9.13 Å². The highest BCUT2D eigenvalue weighted by Gasteiger charge is 2.30. The van der Waals surface area contributed by atoms with Crippen molar-refractivity contribution in [2.45, 2.75) is 412 Å². The number of unbranched alkanes of at least 4 members (excludes halogenated alkanes) is 49. The molecule has 19 heteroatoms. The van der Waals surface area contributed by atoms with Crippen LogP contribution < -0.4 is 0 Å². The molecule has 17 nitrogen and oxygen atoms in total. The maximum Gasteiger partial charge on any atom is 0.472 e. The summed E-state index contributed by atoms with van der Waals surface area (Å²) < 4.78 is 68.3. The van der Waals surface area contributed by atoms with Crippen LogP contribution in [0.3, 0.4) is 0 Å². The van der Waals surface area contributed by atoms with E-state index in [1.165, 1.54) is 212 Å². The zero-order chi connectivity index (χ0) is 68.2. The van der Waals surface area contributed by atoms with Gasteiger partial charge in [-0.05, 0) is 25.7 Å². The zero-order valence-electron chi connectivity index (χ0n) is 60.2. The van der Waals surface area contributed by atoms with Crippen molar-refractivity contribution < 1.29 is 80.2 Å². The Kier molecular flexibility index (Phi) is 67.1. The van der Waals surface area contributed by atoms with Crippen LogP contribution in [0.25, 0.3) is 0 Å². The van der Waals surface area contributed by atoms with Gasteiger partial charge in [0.25, 0.3) is 0 Å². The lowest BCUT2D eigenvalue weighted by atomic mass is 10.0. The fraction of sp³-hybridized carbons (Fsp3) is 0.946. The van der Waals surface area contributed by atoms with Crippen molar-refractivity contribution in [3.8, 4) is 0 Å². The Bertz CT molecular complexity index is 1770. The molecule has 0 rings (SSSR count). The monoisotopic (exact) mass is 1370 g/mol. The summed E-state index contributed by atoms with van der Waals surface area (Å²) in [7, 11) is -9.90. The number of rotatable bonds is 75. The van der Waals surface area contributed by atoms with Crippen molar-refractivity contribution in [2.75, 3.05) is 39.6 Å². The van der Waals surface area contributed by atoms with Crippen molar-refractivity contribution in [2.24, 2.45) is 0 Å². The van der Waals surface area contributed by atoms with Gasteiger partial charge in [-0.1, -0.05) is 342 Å². The third-order valence-electron chi connectivity index (χ3n) is 17.4. The molecule has 552 valence electrons. The molecular weight excluding hydrogens is 1220 g/mol. The third-order valence-corrected chi connectivity index (χ3v) is 19.3. The second-order valence-electron chi connectivity index (χ2n) is 26.7. The van der Waals surface area contributed by atoms with Crippen LogP contribution in [0, 0.1) is 0 Å². The first-order valence-corrected chi connectivity index (χ1v) is 41.8. The Balaban J connectivity index is 5.16. The van der Waals surface area contributed by atoms with Gasteiger partial charge in [0.05, 0.1) is 26.4 Å². The Morgan fingerprint density at radius 1 is 0.258 bits per heavy atom. The van der Waals surface area contributed by atoms with E-state index in [0.29, 0.717) is 25.7 Å². The predicted molar refractivity (Wildman–Crippen MR) is 377 cm³/mol. The van der Waals surface area contributed by atoms with Gasteiger partial charge in [-0.2, -0.15) is 0 Å². The summed E-state index contributed by atoms with van der Waals surface area (Å²) in [6.45, 7) is 4.92. The fourth-order valence-corrected chi connectivity index (χ4v) is 13.0. The molecule has 0 saturated carbocycles. The van der Waals surface area contributed by atoms with Gasteiger partial charge >= 0.3 is 39.5 Å². The van der Waals surface area contributed by atoms with Crippen LogP contribution >= 0.6 is 15.6 Å². The molecule has 0 aromatic heterocycles. The van der Waals surface area contributed by atoms with Crippen LogP contribution in [0.4, 0.5) is 0 Å². The van der Waals surface area contributed by atoms with Crippen LogP contribution in [-0.2, 0) is 65.4 Å². The summed E-state index contributed by atoms with van der Waals surface area (Å²) in [5, 5.41) is 10.6. The maximum absolute atomic E-state index is 13.1. The topological polar surface area (TPSA) is 237 Å².